The first-order valence-corrected chi connectivity index (χ1v) is 10.5. The van der Waals surface area contributed by atoms with Crippen molar-refractivity contribution in [3.05, 3.63) is 24.3 Å². The fourth-order valence-electron chi connectivity index (χ4n) is 2.95. The summed E-state index contributed by atoms with van der Waals surface area (Å²) < 4.78 is 31.3. The van der Waals surface area contributed by atoms with Gasteiger partial charge in [0.2, 0.25) is 15.9 Å². The Hall–Kier alpha value is -2.46. The molecular formula is C18H25N3O6S. The van der Waals surface area contributed by atoms with Crippen molar-refractivity contribution < 1.29 is 27.5 Å². The molecule has 1 saturated heterocycles. The molecule has 1 aliphatic heterocycles. The lowest BCUT2D eigenvalue weighted by molar-refractivity contribution is -0.152. The number of hydrogen-bond donors (Lipinski definition) is 1. The van der Waals surface area contributed by atoms with Crippen molar-refractivity contribution in [2.45, 2.75) is 25.2 Å². The third kappa shape index (κ3) is 4.68. The third-order valence-electron chi connectivity index (χ3n) is 4.57. The molecular weight excluding hydrogens is 386 g/mol. The molecule has 2 rings (SSSR count). The maximum atomic E-state index is 12.5. The van der Waals surface area contributed by atoms with Gasteiger partial charge in [0, 0.05) is 38.8 Å². The number of ether oxygens (including phenoxy) is 1. The maximum Gasteiger partial charge on any atom is 0.311 e. The van der Waals surface area contributed by atoms with E-state index in [9.17, 15) is 22.8 Å². The summed E-state index contributed by atoms with van der Waals surface area (Å²) in [5.41, 5.74) is 0.505. The van der Waals surface area contributed by atoms with Gasteiger partial charge in [-0.25, -0.2) is 8.42 Å². The van der Waals surface area contributed by atoms with Gasteiger partial charge in [-0.2, -0.15) is 4.31 Å². The quantitative estimate of drug-likeness (QED) is 0.618. The van der Waals surface area contributed by atoms with E-state index in [0.29, 0.717) is 18.8 Å². The van der Waals surface area contributed by atoms with E-state index in [1.165, 1.54) is 28.4 Å². The molecule has 0 bridgehead atoms. The number of nitrogens with one attached hydrogen (secondary N) is 1. The molecule has 1 aromatic rings. The van der Waals surface area contributed by atoms with Crippen LogP contribution in [0.1, 0.15) is 20.3 Å². The minimum absolute atomic E-state index is 0.0218. The highest BCUT2D eigenvalue weighted by molar-refractivity contribution is 7.89. The molecule has 0 spiro atoms. The number of likely N-dealkylation sites (N-methyl/N-ethyl adjacent to an activating group) is 1. The first kappa shape index (κ1) is 21.8. The molecule has 0 unspecified atom stereocenters. The molecule has 1 fully saturated rings. The lowest BCUT2D eigenvalue weighted by atomic mass is 10.1. The fraction of sp³-hybridized carbons (Fsp3) is 0.500. The number of carbonyl (C=O) groups is 3. The van der Waals surface area contributed by atoms with Crippen LogP contribution in [-0.2, 0) is 29.1 Å². The van der Waals surface area contributed by atoms with Gasteiger partial charge in [-0.05, 0) is 24.3 Å². The topological polar surface area (TPSA) is 113 Å². The predicted molar refractivity (Wildman–Crippen MR) is 102 cm³/mol. The van der Waals surface area contributed by atoms with Crippen LogP contribution in [0.3, 0.4) is 0 Å². The second-order valence-corrected chi connectivity index (χ2v) is 8.21. The lowest BCUT2D eigenvalue weighted by Gasteiger charge is -2.20. The molecule has 0 aliphatic carbocycles. The largest absolute Gasteiger partial charge is 0.455 e. The highest BCUT2D eigenvalue weighted by atomic mass is 32.2. The smallest absolute Gasteiger partial charge is 0.311 e. The molecule has 2 amide bonds. The first-order valence-electron chi connectivity index (χ1n) is 9.02. The molecule has 0 radical (unpaired) electrons. The van der Waals surface area contributed by atoms with Crippen molar-refractivity contribution in [2.24, 2.45) is 5.92 Å². The van der Waals surface area contributed by atoms with Crippen molar-refractivity contribution in [3.63, 3.8) is 0 Å². The fourth-order valence-corrected chi connectivity index (χ4v) is 4.41. The molecule has 10 heteroatoms. The molecule has 1 aliphatic rings. The van der Waals surface area contributed by atoms with Crippen LogP contribution in [0.25, 0.3) is 0 Å². The Morgan fingerprint density at radius 3 is 2.36 bits per heavy atom. The summed E-state index contributed by atoms with van der Waals surface area (Å²) in [6.45, 7) is 3.99. The molecule has 1 aromatic carbocycles. The van der Waals surface area contributed by atoms with Crippen molar-refractivity contribution in [1.82, 2.24) is 9.62 Å². The maximum absolute atomic E-state index is 12.5. The van der Waals surface area contributed by atoms with Gasteiger partial charge in [-0.3, -0.25) is 14.4 Å². The van der Waals surface area contributed by atoms with Crippen LogP contribution in [-0.4, -0.2) is 63.8 Å². The molecule has 9 nitrogen and oxygen atoms in total. The number of hydrogen-bond acceptors (Lipinski definition) is 6. The lowest BCUT2D eigenvalue weighted by Crippen LogP contribution is -2.31. The van der Waals surface area contributed by atoms with Crippen LogP contribution in [0, 0.1) is 5.92 Å². The van der Waals surface area contributed by atoms with E-state index >= 15 is 0 Å². The molecule has 0 aromatic heterocycles. The van der Waals surface area contributed by atoms with Gasteiger partial charge in [0.15, 0.2) is 6.61 Å². The number of benzene rings is 1. The van der Waals surface area contributed by atoms with Gasteiger partial charge in [0.1, 0.15) is 0 Å². The van der Waals surface area contributed by atoms with Gasteiger partial charge in [0.25, 0.3) is 5.91 Å². The van der Waals surface area contributed by atoms with E-state index in [1.54, 1.807) is 26.0 Å². The first-order chi connectivity index (χ1) is 13.2. The van der Waals surface area contributed by atoms with Gasteiger partial charge in [-0.1, -0.05) is 13.8 Å². The Bertz CT molecular complexity index is 833. The Kier molecular flexibility index (Phi) is 7.14. The van der Waals surface area contributed by atoms with Gasteiger partial charge in [-0.15, -0.1) is 0 Å². The van der Waals surface area contributed by atoms with E-state index in [-0.39, 0.29) is 23.8 Å². The summed E-state index contributed by atoms with van der Waals surface area (Å²) in [6.07, 6.45) is -0.0218. The summed E-state index contributed by atoms with van der Waals surface area (Å²) in [5.74, 6) is -1.97. The van der Waals surface area contributed by atoms with Crippen LogP contribution in [0.2, 0.25) is 0 Å². The van der Waals surface area contributed by atoms with E-state index in [4.69, 9.17) is 4.74 Å². The van der Waals surface area contributed by atoms with Crippen molar-refractivity contribution in [3.8, 4) is 0 Å². The Morgan fingerprint density at radius 1 is 1.21 bits per heavy atom. The summed E-state index contributed by atoms with van der Waals surface area (Å²) in [4.78, 5) is 37.1. The molecule has 0 saturated carbocycles. The molecule has 154 valence electrons. The van der Waals surface area contributed by atoms with Crippen molar-refractivity contribution >= 4 is 33.5 Å². The minimum atomic E-state index is -3.58. The summed E-state index contributed by atoms with van der Waals surface area (Å²) >= 11 is 0. The summed E-state index contributed by atoms with van der Waals surface area (Å²) in [7, 11) is -2.15. The van der Waals surface area contributed by atoms with Gasteiger partial charge in [0.05, 0.1) is 10.8 Å². The number of anilines is 1. The van der Waals surface area contributed by atoms with Crippen molar-refractivity contribution in [2.75, 3.05) is 38.2 Å². The number of nitrogens with zero attached hydrogens (tertiary/aromatic N) is 2. The minimum Gasteiger partial charge on any atom is -0.455 e. The average Bonchev–Trinajstić information content (AvgIpc) is 3.08. The normalized spacial score (nSPS) is 17.1. The third-order valence-corrected chi connectivity index (χ3v) is 6.64. The number of amides is 2. The van der Waals surface area contributed by atoms with Crippen LogP contribution in [0.4, 0.5) is 5.69 Å². The predicted octanol–water partition coefficient (Wildman–Crippen LogP) is 0.359. The number of rotatable bonds is 8. The Morgan fingerprint density at radius 2 is 1.82 bits per heavy atom. The van der Waals surface area contributed by atoms with E-state index in [1.807, 2.05) is 0 Å². The average molecular weight is 411 g/mol. The molecule has 1 heterocycles. The Balaban J connectivity index is 2.09. The summed E-state index contributed by atoms with van der Waals surface area (Å²) in [5, 5.41) is 2.34. The van der Waals surface area contributed by atoms with Crippen LogP contribution in [0.15, 0.2) is 29.2 Å². The van der Waals surface area contributed by atoms with E-state index < -0.39 is 34.4 Å². The monoisotopic (exact) mass is 411 g/mol. The van der Waals surface area contributed by atoms with Crippen LogP contribution in [0.5, 0.6) is 0 Å². The molecule has 28 heavy (non-hydrogen) atoms. The molecule has 1 atom stereocenters. The highest BCUT2D eigenvalue weighted by Crippen LogP contribution is 2.27. The SMILES string of the molecule is CCN(CC)S(=O)(=O)c1ccc(N2C[C@@H](C(=O)OCC(=O)NC)CC2=O)cc1. The zero-order valence-electron chi connectivity index (χ0n) is 16.2. The number of sulfonamides is 1. The number of esters is 1. The van der Waals surface area contributed by atoms with Crippen LogP contribution < -0.4 is 10.2 Å². The standard InChI is InChI=1S/C18H25N3O6S/c1-4-20(5-2)28(25,26)15-8-6-14(7-9-15)21-11-13(10-17(21)23)18(24)27-12-16(22)19-3/h6-9,13H,4-5,10-12H2,1-3H3,(H,19,22)/t13-/m0/s1. The summed E-state index contributed by atoms with van der Waals surface area (Å²) in [6, 6.07) is 6.00. The zero-order valence-corrected chi connectivity index (χ0v) is 17.0. The second kappa shape index (κ2) is 9.16. The molecule has 1 N–H and O–H groups in total. The van der Waals surface area contributed by atoms with E-state index in [0.717, 1.165) is 0 Å². The number of carbonyl (C=O) groups excluding carboxylic acids is 3. The highest BCUT2D eigenvalue weighted by Gasteiger charge is 2.36. The van der Waals surface area contributed by atoms with E-state index in [2.05, 4.69) is 5.32 Å². The zero-order chi connectivity index (χ0) is 20.9. The van der Waals surface area contributed by atoms with Gasteiger partial charge < -0.3 is 15.0 Å². The Labute approximate surface area is 164 Å². The van der Waals surface area contributed by atoms with Crippen LogP contribution >= 0.6 is 0 Å². The van der Waals surface area contributed by atoms with Gasteiger partial charge >= 0.3 is 5.97 Å². The second-order valence-electron chi connectivity index (χ2n) is 6.27. The van der Waals surface area contributed by atoms with Crippen molar-refractivity contribution in [1.29, 1.82) is 0 Å².